The summed E-state index contributed by atoms with van der Waals surface area (Å²) >= 11 is 1.98. The monoisotopic (exact) mass is 390 g/mol. The summed E-state index contributed by atoms with van der Waals surface area (Å²) in [6, 6.07) is 4.16. The van der Waals surface area contributed by atoms with Gasteiger partial charge in [0.15, 0.2) is 0 Å². The second-order valence-electron chi connectivity index (χ2n) is 4.91. The molecule has 0 aromatic heterocycles. The van der Waals surface area contributed by atoms with Crippen LogP contribution in [0.2, 0.25) is 0 Å². The largest absolute Gasteiger partial charge is 0.393 e. The van der Waals surface area contributed by atoms with E-state index in [0.29, 0.717) is 15.6 Å². The fourth-order valence-corrected chi connectivity index (χ4v) is 2.94. The molecule has 1 aliphatic rings. The van der Waals surface area contributed by atoms with Crippen LogP contribution in [0.15, 0.2) is 18.2 Å². The number of non-ortho nitro benzene ring substituents is 1. The number of amides is 1. The number of aliphatic hydroxyl groups excluding tert-OH is 1. The Bertz CT molecular complexity index is 535. The van der Waals surface area contributed by atoms with Gasteiger partial charge >= 0.3 is 0 Å². The van der Waals surface area contributed by atoms with E-state index in [4.69, 9.17) is 0 Å². The molecule has 0 bridgehead atoms. The maximum absolute atomic E-state index is 12.2. The highest BCUT2D eigenvalue weighted by molar-refractivity contribution is 14.1. The highest BCUT2D eigenvalue weighted by Gasteiger charge is 2.23. The van der Waals surface area contributed by atoms with Gasteiger partial charge < -0.3 is 10.4 Å². The van der Waals surface area contributed by atoms with Gasteiger partial charge in [-0.2, -0.15) is 0 Å². The van der Waals surface area contributed by atoms with E-state index in [-0.39, 0.29) is 23.7 Å². The van der Waals surface area contributed by atoms with Gasteiger partial charge in [-0.25, -0.2) is 0 Å². The highest BCUT2D eigenvalue weighted by atomic mass is 127. The van der Waals surface area contributed by atoms with Crippen LogP contribution in [-0.4, -0.2) is 28.1 Å². The normalized spacial score (nSPS) is 22.3. The number of hydrogen-bond acceptors (Lipinski definition) is 4. The Hall–Kier alpha value is -1.22. The molecule has 2 rings (SSSR count). The summed E-state index contributed by atoms with van der Waals surface area (Å²) < 4.78 is 0.669. The summed E-state index contributed by atoms with van der Waals surface area (Å²) in [7, 11) is 0. The Morgan fingerprint density at radius 3 is 2.85 bits per heavy atom. The number of halogens is 1. The third-order valence-electron chi connectivity index (χ3n) is 3.39. The van der Waals surface area contributed by atoms with Crippen molar-refractivity contribution in [1.29, 1.82) is 0 Å². The van der Waals surface area contributed by atoms with Crippen molar-refractivity contribution in [3.63, 3.8) is 0 Å². The van der Waals surface area contributed by atoms with Crippen LogP contribution < -0.4 is 5.32 Å². The molecule has 108 valence electrons. The molecule has 1 aromatic rings. The van der Waals surface area contributed by atoms with Gasteiger partial charge in [0.1, 0.15) is 0 Å². The number of carbonyl (C=O) groups is 1. The van der Waals surface area contributed by atoms with E-state index in [1.165, 1.54) is 12.1 Å². The van der Waals surface area contributed by atoms with Crippen LogP contribution in [0, 0.1) is 13.7 Å². The third kappa shape index (κ3) is 3.66. The molecule has 1 aliphatic carbocycles. The second kappa shape index (κ2) is 6.49. The van der Waals surface area contributed by atoms with Crippen LogP contribution in [0.1, 0.15) is 36.0 Å². The van der Waals surface area contributed by atoms with Crippen LogP contribution >= 0.6 is 22.6 Å². The van der Waals surface area contributed by atoms with Crippen molar-refractivity contribution in [1.82, 2.24) is 5.32 Å². The first-order valence-corrected chi connectivity index (χ1v) is 7.48. The zero-order valence-corrected chi connectivity index (χ0v) is 12.9. The maximum atomic E-state index is 12.2. The van der Waals surface area contributed by atoms with Crippen LogP contribution in [0.3, 0.4) is 0 Å². The van der Waals surface area contributed by atoms with Gasteiger partial charge in [-0.05, 0) is 54.3 Å². The summed E-state index contributed by atoms with van der Waals surface area (Å²) in [5, 5.41) is 23.2. The van der Waals surface area contributed by atoms with Gasteiger partial charge in [-0.15, -0.1) is 0 Å². The molecule has 1 saturated carbocycles. The number of hydrogen-bond donors (Lipinski definition) is 2. The molecule has 0 saturated heterocycles. The predicted octanol–water partition coefficient (Wildman–Crippen LogP) is 2.23. The van der Waals surface area contributed by atoms with Gasteiger partial charge in [0.2, 0.25) is 0 Å². The lowest BCUT2D eigenvalue weighted by molar-refractivity contribution is -0.384. The van der Waals surface area contributed by atoms with Gasteiger partial charge in [0, 0.05) is 21.7 Å². The second-order valence-corrected chi connectivity index (χ2v) is 6.07. The van der Waals surface area contributed by atoms with Crippen molar-refractivity contribution < 1.29 is 14.8 Å². The molecule has 2 atom stereocenters. The number of nitro groups is 1. The van der Waals surface area contributed by atoms with Crippen molar-refractivity contribution in [3.05, 3.63) is 37.4 Å². The van der Waals surface area contributed by atoms with Gasteiger partial charge in [-0.3, -0.25) is 14.9 Å². The summed E-state index contributed by atoms with van der Waals surface area (Å²) in [5.41, 5.74) is 0.208. The quantitative estimate of drug-likeness (QED) is 0.471. The molecule has 20 heavy (non-hydrogen) atoms. The zero-order chi connectivity index (χ0) is 14.7. The van der Waals surface area contributed by atoms with E-state index in [1.807, 2.05) is 22.6 Å². The standard InChI is InChI=1S/C13H15IN2O4/c14-12-5-4-9(16(19)20)7-11(12)13(18)15-8-2-1-3-10(17)6-8/h4-5,7-8,10,17H,1-3,6H2,(H,15,18). The number of benzene rings is 1. The Morgan fingerprint density at radius 1 is 1.45 bits per heavy atom. The van der Waals surface area contributed by atoms with E-state index in [9.17, 15) is 20.0 Å². The molecular formula is C13H15IN2O4. The Morgan fingerprint density at radius 2 is 2.20 bits per heavy atom. The molecule has 7 heteroatoms. The summed E-state index contributed by atoms with van der Waals surface area (Å²) in [5.74, 6) is -0.322. The predicted molar refractivity (Wildman–Crippen MR) is 81.5 cm³/mol. The van der Waals surface area contributed by atoms with Crippen LogP contribution in [0.4, 0.5) is 5.69 Å². The maximum Gasteiger partial charge on any atom is 0.270 e. The number of carbonyl (C=O) groups excluding carboxylic acids is 1. The molecule has 0 spiro atoms. The van der Waals surface area contributed by atoms with E-state index >= 15 is 0 Å². The fourth-order valence-electron chi connectivity index (χ4n) is 2.36. The van der Waals surface area contributed by atoms with E-state index in [2.05, 4.69) is 5.32 Å². The van der Waals surface area contributed by atoms with Crippen molar-refractivity contribution in [2.45, 2.75) is 37.8 Å². The third-order valence-corrected chi connectivity index (χ3v) is 4.33. The summed E-state index contributed by atoms with van der Waals surface area (Å²) in [6.07, 6.45) is 2.63. The highest BCUT2D eigenvalue weighted by Crippen LogP contribution is 2.22. The van der Waals surface area contributed by atoms with Gasteiger partial charge in [-0.1, -0.05) is 0 Å². The van der Waals surface area contributed by atoms with E-state index in [1.54, 1.807) is 6.07 Å². The molecule has 6 nitrogen and oxygen atoms in total. The number of nitrogens with one attached hydrogen (secondary N) is 1. The minimum Gasteiger partial charge on any atom is -0.393 e. The molecule has 1 aromatic carbocycles. The topological polar surface area (TPSA) is 92.5 Å². The Kier molecular flexibility index (Phi) is 4.92. The molecular weight excluding hydrogens is 375 g/mol. The molecule has 0 heterocycles. The zero-order valence-electron chi connectivity index (χ0n) is 10.7. The summed E-state index contributed by atoms with van der Waals surface area (Å²) in [4.78, 5) is 22.4. The van der Waals surface area contributed by atoms with Crippen molar-refractivity contribution >= 4 is 34.2 Å². The van der Waals surface area contributed by atoms with Crippen molar-refractivity contribution in [2.75, 3.05) is 0 Å². The first-order valence-electron chi connectivity index (χ1n) is 6.40. The number of aliphatic hydroxyl groups is 1. The van der Waals surface area contributed by atoms with Crippen LogP contribution in [0.25, 0.3) is 0 Å². The minimum absolute atomic E-state index is 0.0682. The Balaban J connectivity index is 2.12. The minimum atomic E-state index is -0.517. The molecule has 0 radical (unpaired) electrons. The molecule has 1 amide bonds. The van der Waals surface area contributed by atoms with Crippen molar-refractivity contribution in [2.24, 2.45) is 0 Å². The molecule has 2 N–H and O–H groups in total. The van der Waals surface area contributed by atoms with Gasteiger partial charge in [0.25, 0.3) is 11.6 Å². The van der Waals surface area contributed by atoms with Crippen LogP contribution in [-0.2, 0) is 0 Å². The fraction of sp³-hybridized carbons (Fsp3) is 0.462. The first-order chi connectivity index (χ1) is 9.47. The lowest BCUT2D eigenvalue weighted by atomic mass is 9.93. The lowest BCUT2D eigenvalue weighted by Gasteiger charge is -2.26. The van der Waals surface area contributed by atoms with E-state index in [0.717, 1.165) is 19.3 Å². The average molecular weight is 390 g/mol. The Labute approximate surface area is 129 Å². The average Bonchev–Trinajstić information content (AvgIpc) is 2.38. The molecule has 0 aliphatic heterocycles. The van der Waals surface area contributed by atoms with Crippen molar-refractivity contribution in [3.8, 4) is 0 Å². The van der Waals surface area contributed by atoms with Crippen LogP contribution in [0.5, 0.6) is 0 Å². The lowest BCUT2D eigenvalue weighted by Crippen LogP contribution is -2.40. The van der Waals surface area contributed by atoms with E-state index < -0.39 is 4.92 Å². The SMILES string of the molecule is O=C(NC1CCCC(O)C1)c1cc([N+](=O)[O-])ccc1I. The summed E-state index contributed by atoms with van der Waals surface area (Å²) in [6.45, 7) is 0. The first kappa shape index (κ1) is 15.2. The number of nitrogens with zero attached hydrogens (tertiary/aromatic N) is 1. The van der Waals surface area contributed by atoms with Gasteiger partial charge in [0.05, 0.1) is 16.6 Å². The molecule has 1 fully saturated rings. The smallest absolute Gasteiger partial charge is 0.270 e. The number of nitro benzene ring substituents is 1. The number of rotatable bonds is 3. The molecule has 2 unspecified atom stereocenters.